The van der Waals surface area contributed by atoms with Crippen molar-refractivity contribution in [3.63, 3.8) is 0 Å². The Kier molecular flexibility index (Phi) is 3.57. The van der Waals surface area contributed by atoms with E-state index >= 15 is 0 Å². The number of carbonyl (C=O) groups excluding carboxylic acids is 1. The molecule has 2 saturated carbocycles. The SMILES string of the molecule is CCN(CC1CCC1)C(=O)C1C2C=CC(C2)C1C(=O)O. The first-order chi connectivity index (χ1) is 9.61. The fourth-order valence-electron chi connectivity index (χ4n) is 4.07. The highest BCUT2D eigenvalue weighted by atomic mass is 16.4. The van der Waals surface area contributed by atoms with Crippen molar-refractivity contribution in [1.29, 1.82) is 0 Å². The molecular weight excluding hydrogens is 254 g/mol. The van der Waals surface area contributed by atoms with Gasteiger partial charge in [-0.3, -0.25) is 9.59 Å². The first kappa shape index (κ1) is 13.7. The summed E-state index contributed by atoms with van der Waals surface area (Å²) in [6.07, 6.45) is 8.59. The van der Waals surface area contributed by atoms with E-state index in [1.165, 1.54) is 19.3 Å². The molecule has 2 bridgehead atoms. The van der Waals surface area contributed by atoms with Gasteiger partial charge in [0.05, 0.1) is 11.8 Å². The van der Waals surface area contributed by atoms with Crippen LogP contribution in [0, 0.1) is 29.6 Å². The van der Waals surface area contributed by atoms with E-state index in [0.717, 1.165) is 13.0 Å². The van der Waals surface area contributed by atoms with Crippen LogP contribution in [-0.4, -0.2) is 35.0 Å². The predicted octanol–water partition coefficient (Wildman–Crippen LogP) is 2.16. The second-order valence-electron chi connectivity index (χ2n) is 6.51. The molecule has 0 aliphatic heterocycles. The number of rotatable bonds is 5. The van der Waals surface area contributed by atoms with E-state index in [4.69, 9.17) is 0 Å². The number of nitrogens with zero attached hydrogens (tertiary/aromatic N) is 1. The zero-order valence-corrected chi connectivity index (χ0v) is 12.0. The van der Waals surface area contributed by atoms with E-state index < -0.39 is 11.9 Å². The molecule has 4 unspecified atom stereocenters. The second kappa shape index (κ2) is 5.23. The van der Waals surface area contributed by atoms with Crippen molar-refractivity contribution in [2.24, 2.45) is 29.6 Å². The highest BCUT2D eigenvalue weighted by Gasteiger charge is 2.52. The molecule has 1 amide bonds. The highest BCUT2D eigenvalue weighted by Crippen LogP contribution is 2.49. The topological polar surface area (TPSA) is 57.6 Å². The average Bonchev–Trinajstić information content (AvgIpc) is 2.96. The third kappa shape index (κ3) is 2.15. The zero-order chi connectivity index (χ0) is 14.3. The summed E-state index contributed by atoms with van der Waals surface area (Å²) in [5.41, 5.74) is 0. The first-order valence-corrected chi connectivity index (χ1v) is 7.81. The summed E-state index contributed by atoms with van der Waals surface area (Å²) in [4.78, 5) is 26.2. The van der Waals surface area contributed by atoms with Gasteiger partial charge < -0.3 is 10.0 Å². The largest absolute Gasteiger partial charge is 0.481 e. The minimum atomic E-state index is -0.806. The Balaban J connectivity index is 1.74. The van der Waals surface area contributed by atoms with Gasteiger partial charge in [0.25, 0.3) is 0 Å². The van der Waals surface area contributed by atoms with Crippen molar-refractivity contribution in [3.8, 4) is 0 Å². The molecule has 4 heteroatoms. The number of hydrogen-bond acceptors (Lipinski definition) is 2. The van der Waals surface area contributed by atoms with Crippen molar-refractivity contribution in [2.45, 2.75) is 32.6 Å². The fraction of sp³-hybridized carbons (Fsp3) is 0.750. The van der Waals surface area contributed by atoms with Crippen molar-refractivity contribution < 1.29 is 14.7 Å². The normalized spacial score (nSPS) is 35.0. The lowest BCUT2D eigenvalue weighted by atomic mass is 9.81. The van der Waals surface area contributed by atoms with Crippen LogP contribution in [0.1, 0.15) is 32.6 Å². The quantitative estimate of drug-likeness (QED) is 0.783. The van der Waals surface area contributed by atoms with Crippen LogP contribution >= 0.6 is 0 Å². The second-order valence-corrected chi connectivity index (χ2v) is 6.51. The average molecular weight is 277 g/mol. The lowest BCUT2D eigenvalue weighted by molar-refractivity contribution is -0.151. The van der Waals surface area contributed by atoms with Crippen LogP contribution in [0.15, 0.2) is 12.2 Å². The van der Waals surface area contributed by atoms with Gasteiger partial charge in [-0.2, -0.15) is 0 Å². The summed E-state index contributed by atoms with van der Waals surface area (Å²) in [5, 5.41) is 9.44. The van der Waals surface area contributed by atoms with E-state index in [-0.39, 0.29) is 23.7 Å². The summed E-state index contributed by atoms with van der Waals surface area (Å²) in [6.45, 7) is 3.51. The molecule has 0 heterocycles. The molecule has 3 aliphatic rings. The smallest absolute Gasteiger partial charge is 0.307 e. The van der Waals surface area contributed by atoms with E-state index in [2.05, 4.69) is 6.08 Å². The molecule has 0 radical (unpaired) electrons. The molecule has 1 N–H and O–H groups in total. The molecule has 0 aromatic rings. The Bertz CT molecular complexity index is 441. The minimum Gasteiger partial charge on any atom is -0.481 e. The van der Waals surface area contributed by atoms with Crippen LogP contribution in [0.25, 0.3) is 0 Å². The van der Waals surface area contributed by atoms with Gasteiger partial charge in [0, 0.05) is 13.1 Å². The molecule has 3 aliphatic carbocycles. The van der Waals surface area contributed by atoms with Crippen LogP contribution in [0.2, 0.25) is 0 Å². The third-order valence-corrected chi connectivity index (χ3v) is 5.43. The number of carboxylic acid groups (broad SMARTS) is 1. The van der Waals surface area contributed by atoms with E-state index in [1.807, 2.05) is 17.9 Å². The number of hydrogen-bond donors (Lipinski definition) is 1. The van der Waals surface area contributed by atoms with Gasteiger partial charge >= 0.3 is 5.97 Å². The third-order valence-electron chi connectivity index (χ3n) is 5.43. The molecular formula is C16H23NO3. The minimum absolute atomic E-state index is 0.0638. The van der Waals surface area contributed by atoms with Crippen LogP contribution in [0.4, 0.5) is 0 Å². The Morgan fingerprint density at radius 1 is 1.20 bits per heavy atom. The van der Waals surface area contributed by atoms with Gasteiger partial charge in [-0.1, -0.05) is 18.6 Å². The molecule has 0 aromatic heterocycles. The van der Waals surface area contributed by atoms with Gasteiger partial charge in [-0.15, -0.1) is 0 Å². The maximum absolute atomic E-state index is 12.8. The number of carbonyl (C=O) groups is 2. The van der Waals surface area contributed by atoms with Gasteiger partial charge in [0.2, 0.25) is 5.91 Å². The maximum atomic E-state index is 12.8. The molecule has 110 valence electrons. The molecule has 0 spiro atoms. The van der Waals surface area contributed by atoms with E-state index in [0.29, 0.717) is 12.5 Å². The number of aliphatic carboxylic acids is 1. The molecule has 4 nitrogen and oxygen atoms in total. The lowest BCUT2D eigenvalue weighted by Crippen LogP contribution is -2.45. The summed E-state index contributed by atoms with van der Waals surface area (Å²) in [6, 6.07) is 0. The Morgan fingerprint density at radius 2 is 1.85 bits per heavy atom. The molecule has 20 heavy (non-hydrogen) atoms. The Labute approximate surface area is 119 Å². The number of allylic oxidation sites excluding steroid dienone is 2. The standard InChI is InChI=1S/C16H23NO3/c1-2-17(9-10-4-3-5-10)15(18)13-11-6-7-12(8-11)14(13)16(19)20/h6-7,10-14H,2-5,8-9H2,1H3,(H,19,20). The monoisotopic (exact) mass is 277 g/mol. The summed E-state index contributed by atoms with van der Waals surface area (Å²) in [5.74, 6) is -0.728. The summed E-state index contributed by atoms with van der Waals surface area (Å²) in [7, 11) is 0. The summed E-state index contributed by atoms with van der Waals surface area (Å²) >= 11 is 0. The van der Waals surface area contributed by atoms with E-state index in [1.54, 1.807) is 0 Å². The van der Waals surface area contributed by atoms with Gasteiger partial charge in [-0.25, -0.2) is 0 Å². The van der Waals surface area contributed by atoms with Gasteiger partial charge in [-0.05, 0) is 43.9 Å². The van der Waals surface area contributed by atoms with Crippen LogP contribution in [0.3, 0.4) is 0 Å². The van der Waals surface area contributed by atoms with Crippen molar-refractivity contribution in [2.75, 3.05) is 13.1 Å². The van der Waals surface area contributed by atoms with Gasteiger partial charge in [0.1, 0.15) is 0 Å². The van der Waals surface area contributed by atoms with Crippen molar-refractivity contribution in [1.82, 2.24) is 4.90 Å². The van der Waals surface area contributed by atoms with Crippen molar-refractivity contribution >= 4 is 11.9 Å². The van der Waals surface area contributed by atoms with E-state index in [9.17, 15) is 14.7 Å². The Morgan fingerprint density at radius 3 is 2.35 bits per heavy atom. The fourth-order valence-corrected chi connectivity index (χ4v) is 4.07. The van der Waals surface area contributed by atoms with Crippen molar-refractivity contribution in [3.05, 3.63) is 12.2 Å². The van der Waals surface area contributed by atoms with Crippen LogP contribution in [0.5, 0.6) is 0 Å². The van der Waals surface area contributed by atoms with Gasteiger partial charge in [0.15, 0.2) is 0 Å². The maximum Gasteiger partial charge on any atom is 0.307 e. The highest BCUT2D eigenvalue weighted by molar-refractivity contribution is 5.87. The first-order valence-electron chi connectivity index (χ1n) is 7.81. The van der Waals surface area contributed by atoms with Crippen LogP contribution in [-0.2, 0) is 9.59 Å². The molecule has 0 aromatic carbocycles. The molecule has 0 saturated heterocycles. The Hall–Kier alpha value is -1.32. The summed E-state index contributed by atoms with van der Waals surface area (Å²) < 4.78 is 0. The molecule has 2 fully saturated rings. The number of fused-ring (bicyclic) bond motifs is 2. The number of carboxylic acids is 1. The predicted molar refractivity (Wildman–Crippen MR) is 74.9 cm³/mol. The number of amides is 1. The molecule has 3 rings (SSSR count). The molecule has 4 atom stereocenters. The van der Waals surface area contributed by atoms with Crippen LogP contribution < -0.4 is 0 Å². The lowest BCUT2D eigenvalue weighted by Gasteiger charge is -2.35. The zero-order valence-electron chi connectivity index (χ0n) is 12.0.